The molecule has 1 saturated carbocycles. The van der Waals surface area contributed by atoms with Crippen LogP contribution in [0.5, 0.6) is 0 Å². The maximum Gasteiger partial charge on any atom is 0.331 e. The molecule has 5 N–H and O–H groups in total. The molecule has 11 atom stereocenters. The van der Waals surface area contributed by atoms with E-state index in [1.54, 1.807) is 6.07 Å². The third kappa shape index (κ3) is 4.21. The zero-order valence-corrected chi connectivity index (χ0v) is 20.7. The molecule has 0 bridgehead atoms. The number of carboxylic acids is 1. The molecule has 4 aliphatic rings. The molecule has 0 radical (unpaired) electrons. The molecule has 11 nitrogen and oxygen atoms in total. The lowest BCUT2D eigenvalue weighted by molar-refractivity contribution is -0.310. The van der Waals surface area contributed by atoms with Crippen molar-refractivity contribution in [2.24, 2.45) is 22.7 Å². The van der Waals surface area contributed by atoms with Gasteiger partial charge in [0.1, 0.15) is 30.5 Å². The Morgan fingerprint density at radius 2 is 1.95 bits per heavy atom. The normalized spacial score (nSPS) is 45.8. The van der Waals surface area contributed by atoms with Crippen molar-refractivity contribution in [1.29, 1.82) is 0 Å². The number of furan rings is 1. The minimum atomic E-state index is -1.62. The van der Waals surface area contributed by atoms with E-state index < -0.39 is 72.2 Å². The highest BCUT2D eigenvalue weighted by Gasteiger charge is 2.62. The first-order valence-electron chi connectivity index (χ1n) is 12.6. The van der Waals surface area contributed by atoms with E-state index in [1.807, 2.05) is 13.8 Å². The first kappa shape index (κ1) is 26.3. The number of aliphatic carboxylic acids is 1. The van der Waals surface area contributed by atoms with Crippen molar-refractivity contribution in [3.63, 3.8) is 0 Å². The molecule has 0 aromatic carbocycles. The van der Waals surface area contributed by atoms with Crippen LogP contribution < -0.4 is 0 Å². The van der Waals surface area contributed by atoms with Gasteiger partial charge >= 0.3 is 11.9 Å². The summed E-state index contributed by atoms with van der Waals surface area (Å²) in [5.74, 6) is -2.14. The summed E-state index contributed by atoms with van der Waals surface area (Å²) < 4.78 is 22.5. The molecule has 0 spiro atoms. The minimum absolute atomic E-state index is 0.164. The second kappa shape index (κ2) is 9.48. The molecule has 2 unspecified atom stereocenters. The number of rotatable bonds is 5. The first-order valence-corrected chi connectivity index (χ1v) is 12.6. The number of carboxylic acid groups (broad SMARTS) is 1. The molecular weight excluding hydrogens is 488 g/mol. The van der Waals surface area contributed by atoms with Crippen molar-refractivity contribution >= 4 is 11.9 Å². The molecule has 3 fully saturated rings. The maximum atomic E-state index is 13.2. The number of aliphatic hydroxyl groups excluding tert-OH is 4. The zero-order valence-electron chi connectivity index (χ0n) is 20.7. The van der Waals surface area contributed by atoms with E-state index in [4.69, 9.17) is 18.6 Å². The van der Waals surface area contributed by atoms with Crippen molar-refractivity contribution in [2.45, 2.75) is 82.4 Å². The van der Waals surface area contributed by atoms with Gasteiger partial charge in [-0.2, -0.15) is 0 Å². The summed E-state index contributed by atoms with van der Waals surface area (Å²) in [6.07, 6.45) is -2.34. The second-order valence-corrected chi connectivity index (χ2v) is 11.2. The van der Waals surface area contributed by atoms with Crippen molar-refractivity contribution in [3.8, 4) is 0 Å². The monoisotopic (exact) mass is 522 g/mol. The smallest absolute Gasteiger partial charge is 0.331 e. The Balaban J connectivity index is 1.48. The fourth-order valence-corrected chi connectivity index (χ4v) is 7.19. The summed E-state index contributed by atoms with van der Waals surface area (Å²) in [5.41, 5.74) is -0.475. The van der Waals surface area contributed by atoms with Gasteiger partial charge in [-0.15, -0.1) is 0 Å². The van der Waals surface area contributed by atoms with Gasteiger partial charge in [0.2, 0.25) is 0 Å². The Bertz CT molecular complexity index is 1050. The van der Waals surface area contributed by atoms with Crippen LogP contribution in [-0.2, 0) is 23.8 Å². The van der Waals surface area contributed by atoms with Crippen LogP contribution in [0.1, 0.15) is 51.2 Å². The van der Waals surface area contributed by atoms with Crippen LogP contribution in [0.4, 0.5) is 0 Å². The molecule has 11 heteroatoms. The Hall–Kier alpha value is -2.28. The van der Waals surface area contributed by atoms with Crippen LogP contribution in [0.25, 0.3) is 0 Å². The minimum Gasteiger partial charge on any atom is -0.478 e. The van der Waals surface area contributed by atoms with Gasteiger partial charge in [0.05, 0.1) is 31.2 Å². The molecule has 204 valence electrons. The number of carbonyl (C=O) groups is 2. The standard InChI is InChI=1S/C26H34O11/c1-25-5-3-14-23(33)36-16(12-4-6-34-11-12)9-26(14,2)18(25)8-13(7-15(25)22(31)32)35-24-21(30)20(29)19(28)17(10-27)37-24/h4,6-7,11,13-14,16-21,24,27-30H,3,5,8-10H2,1-2H3,(H,31,32)/t13?,14?,16-,17+,18+,19+,20-,21+,24+,25-,26+/m0/s1. The van der Waals surface area contributed by atoms with Gasteiger partial charge in [-0.1, -0.05) is 13.8 Å². The first-order chi connectivity index (χ1) is 17.5. The fraction of sp³-hybridized carbons (Fsp3) is 0.692. The molecule has 2 aliphatic carbocycles. The average molecular weight is 523 g/mol. The molecule has 37 heavy (non-hydrogen) atoms. The van der Waals surface area contributed by atoms with E-state index in [2.05, 4.69) is 0 Å². The van der Waals surface area contributed by atoms with Crippen molar-refractivity contribution in [2.75, 3.05) is 6.61 Å². The van der Waals surface area contributed by atoms with E-state index in [0.717, 1.165) is 5.56 Å². The van der Waals surface area contributed by atoms with Crippen LogP contribution in [0.15, 0.2) is 34.7 Å². The van der Waals surface area contributed by atoms with Gasteiger partial charge in [-0.05, 0) is 49.2 Å². The molecule has 2 saturated heterocycles. The zero-order chi connectivity index (χ0) is 26.7. The SMILES string of the molecule is C[C@@]12CCC3C(=O)O[C@H](c4ccoc4)C[C@@]3(C)[C@@H]1CC(O[C@@H]1O[C@H](CO)[C@@H](O)[C@H](O)[C@H]1O)C=C2C(=O)O. The number of fused-ring (bicyclic) bond motifs is 3. The second-order valence-electron chi connectivity index (χ2n) is 11.2. The number of aliphatic hydroxyl groups is 4. The summed E-state index contributed by atoms with van der Waals surface area (Å²) in [6.45, 7) is 3.31. The third-order valence-electron chi connectivity index (χ3n) is 9.22. The molecule has 2 aliphatic heterocycles. The molecular formula is C26H34O11. The lowest BCUT2D eigenvalue weighted by Crippen LogP contribution is -2.61. The van der Waals surface area contributed by atoms with Gasteiger partial charge in [-0.3, -0.25) is 4.79 Å². The number of esters is 1. The maximum absolute atomic E-state index is 13.2. The van der Waals surface area contributed by atoms with E-state index in [0.29, 0.717) is 25.7 Å². The molecule has 1 aromatic rings. The predicted molar refractivity (Wildman–Crippen MR) is 124 cm³/mol. The van der Waals surface area contributed by atoms with E-state index >= 15 is 0 Å². The van der Waals surface area contributed by atoms with Crippen LogP contribution in [0.2, 0.25) is 0 Å². The van der Waals surface area contributed by atoms with Crippen LogP contribution in [0, 0.1) is 22.7 Å². The van der Waals surface area contributed by atoms with Gasteiger partial charge in [-0.25, -0.2) is 4.79 Å². The topological polar surface area (TPSA) is 176 Å². The van der Waals surface area contributed by atoms with Crippen molar-refractivity contribution in [3.05, 3.63) is 35.8 Å². The van der Waals surface area contributed by atoms with Crippen molar-refractivity contribution < 1.29 is 53.7 Å². The summed E-state index contributed by atoms with van der Waals surface area (Å²) in [5, 5.41) is 50.4. The predicted octanol–water partition coefficient (Wildman–Crippen LogP) is 0.906. The van der Waals surface area contributed by atoms with Crippen LogP contribution in [0.3, 0.4) is 0 Å². The van der Waals surface area contributed by atoms with E-state index in [9.17, 15) is 35.1 Å². The van der Waals surface area contributed by atoms with Crippen LogP contribution in [-0.4, -0.2) is 80.9 Å². The lowest BCUT2D eigenvalue weighted by atomic mass is 9.45. The Kier molecular flexibility index (Phi) is 6.74. The lowest BCUT2D eigenvalue weighted by Gasteiger charge is -2.60. The fourth-order valence-electron chi connectivity index (χ4n) is 7.19. The summed E-state index contributed by atoms with van der Waals surface area (Å²) in [4.78, 5) is 25.6. The molecule has 5 rings (SSSR count). The summed E-state index contributed by atoms with van der Waals surface area (Å²) >= 11 is 0. The van der Waals surface area contributed by atoms with Gasteiger partial charge < -0.3 is 44.2 Å². The van der Waals surface area contributed by atoms with E-state index in [-0.39, 0.29) is 17.5 Å². The number of hydrogen-bond donors (Lipinski definition) is 5. The quantitative estimate of drug-likeness (QED) is 0.347. The highest BCUT2D eigenvalue weighted by atomic mass is 16.7. The van der Waals surface area contributed by atoms with Crippen LogP contribution >= 0.6 is 0 Å². The highest BCUT2D eigenvalue weighted by molar-refractivity contribution is 5.89. The molecule has 0 amide bonds. The van der Waals surface area contributed by atoms with Gasteiger partial charge in [0, 0.05) is 16.6 Å². The number of cyclic esters (lactones) is 1. The van der Waals surface area contributed by atoms with E-state index in [1.165, 1.54) is 18.6 Å². The number of hydrogen-bond acceptors (Lipinski definition) is 10. The van der Waals surface area contributed by atoms with Gasteiger partial charge in [0.15, 0.2) is 6.29 Å². The Morgan fingerprint density at radius 1 is 1.19 bits per heavy atom. The summed E-state index contributed by atoms with van der Waals surface area (Å²) in [7, 11) is 0. The Labute approximate surface area is 213 Å². The average Bonchev–Trinajstić information content (AvgIpc) is 3.39. The number of ether oxygens (including phenoxy) is 3. The molecule has 3 heterocycles. The third-order valence-corrected chi connectivity index (χ3v) is 9.22. The Morgan fingerprint density at radius 3 is 2.59 bits per heavy atom. The summed E-state index contributed by atoms with van der Waals surface area (Å²) in [6, 6.07) is 1.75. The van der Waals surface area contributed by atoms with Crippen molar-refractivity contribution in [1.82, 2.24) is 0 Å². The largest absolute Gasteiger partial charge is 0.478 e. The highest BCUT2D eigenvalue weighted by Crippen LogP contribution is 2.65. The molecule has 1 aromatic heterocycles. The number of carbonyl (C=O) groups excluding carboxylic acids is 1. The van der Waals surface area contributed by atoms with Gasteiger partial charge in [0.25, 0.3) is 0 Å².